The Morgan fingerprint density at radius 2 is 2.16 bits per heavy atom. The molecule has 0 aliphatic rings. The standard InChI is InChI=1S/C12H13N3O3S/c1-2-13-11(17)15-10(16)7-19-12-14-8-5-3-4-6-9(8)18-12/h3-6H,2,7H2,1H3,(H2,13,15,16,17). The molecule has 7 heteroatoms. The van der Waals surface area contributed by atoms with Crippen LogP contribution in [0.3, 0.4) is 0 Å². The van der Waals surface area contributed by atoms with Gasteiger partial charge in [0.25, 0.3) is 5.22 Å². The van der Waals surface area contributed by atoms with Gasteiger partial charge in [0, 0.05) is 6.54 Å². The number of urea groups is 1. The van der Waals surface area contributed by atoms with Crippen LogP contribution in [-0.2, 0) is 4.79 Å². The molecule has 0 bridgehead atoms. The Labute approximate surface area is 113 Å². The van der Waals surface area contributed by atoms with Crippen LogP contribution in [0.1, 0.15) is 6.92 Å². The third-order valence-electron chi connectivity index (χ3n) is 2.19. The first-order valence-electron chi connectivity index (χ1n) is 5.75. The number of aromatic nitrogens is 1. The van der Waals surface area contributed by atoms with Crippen molar-refractivity contribution in [2.45, 2.75) is 12.1 Å². The van der Waals surface area contributed by atoms with E-state index in [1.54, 1.807) is 13.0 Å². The van der Waals surface area contributed by atoms with Crippen LogP contribution in [0.25, 0.3) is 11.1 Å². The van der Waals surface area contributed by atoms with Crippen molar-refractivity contribution < 1.29 is 14.0 Å². The molecule has 0 atom stereocenters. The number of imide groups is 1. The topological polar surface area (TPSA) is 84.2 Å². The fraction of sp³-hybridized carbons (Fsp3) is 0.250. The Bertz CT molecular complexity index is 564. The molecular formula is C12H13N3O3S. The monoisotopic (exact) mass is 279 g/mol. The number of nitrogens with one attached hydrogen (secondary N) is 2. The average molecular weight is 279 g/mol. The summed E-state index contributed by atoms with van der Waals surface area (Å²) < 4.78 is 5.44. The van der Waals surface area contributed by atoms with Gasteiger partial charge in [-0.3, -0.25) is 10.1 Å². The number of fused-ring (bicyclic) bond motifs is 1. The summed E-state index contributed by atoms with van der Waals surface area (Å²) >= 11 is 1.14. The van der Waals surface area contributed by atoms with Crippen molar-refractivity contribution in [3.8, 4) is 0 Å². The van der Waals surface area contributed by atoms with E-state index in [0.717, 1.165) is 17.3 Å². The molecule has 1 heterocycles. The Morgan fingerprint density at radius 1 is 1.37 bits per heavy atom. The quantitative estimate of drug-likeness (QED) is 0.833. The van der Waals surface area contributed by atoms with Crippen molar-refractivity contribution in [2.75, 3.05) is 12.3 Å². The highest BCUT2D eigenvalue weighted by Gasteiger charge is 2.10. The summed E-state index contributed by atoms with van der Waals surface area (Å²) in [4.78, 5) is 26.8. The molecule has 100 valence electrons. The molecular weight excluding hydrogens is 266 g/mol. The van der Waals surface area contributed by atoms with Crippen LogP contribution in [0.5, 0.6) is 0 Å². The molecule has 2 rings (SSSR count). The molecule has 1 aromatic carbocycles. The fourth-order valence-corrected chi connectivity index (χ4v) is 2.05. The minimum atomic E-state index is -0.495. The van der Waals surface area contributed by atoms with E-state index < -0.39 is 11.9 Å². The summed E-state index contributed by atoms with van der Waals surface area (Å²) in [5, 5.41) is 5.09. The van der Waals surface area contributed by atoms with Crippen LogP contribution in [0.2, 0.25) is 0 Å². The number of amides is 3. The van der Waals surface area contributed by atoms with E-state index in [0.29, 0.717) is 17.4 Å². The maximum atomic E-state index is 11.5. The fourth-order valence-electron chi connectivity index (χ4n) is 1.41. The maximum absolute atomic E-state index is 11.5. The van der Waals surface area contributed by atoms with E-state index in [1.165, 1.54) is 0 Å². The van der Waals surface area contributed by atoms with Gasteiger partial charge in [0.2, 0.25) is 5.91 Å². The number of nitrogens with zero attached hydrogens (tertiary/aromatic N) is 1. The third-order valence-corrected chi connectivity index (χ3v) is 3.02. The zero-order valence-corrected chi connectivity index (χ0v) is 11.1. The lowest BCUT2D eigenvalue weighted by atomic mass is 10.3. The lowest BCUT2D eigenvalue weighted by Crippen LogP contribution is -2.40. The first-order valence-corrected chi connectivity index (χ1v) is 6.73. The number of hydrogen-bond acceptors (Lipinski definition) is 5. The predicted molar refractivity (Wildman–Crippen MR) is 71.9 cm³/mol. The first kappa shape index (κ1) is 13.4. The van der Waals surface area contributed by atoms with Gasteiger partial charge in [0.1, 0.15) is 5.52 Å². The number of oxazole rings is 1. The second-order valence-corrected chi connectivity index (χ2v) is 4.57. The number of carbonyl (C=O) groups excluding carboxylic acids is 2. The van der Waals surface area contributed by atoms with Gasteiger partial charge in [-0.1, -0.05) is 23.9 Å². The van der Waals surface area contributed by atoms with Gasteiger partial charge in [-0.2, -0.15) is 0 Å². The molecule has 2 N–H and O–H groups in total. The summed E-state index contributed by atoms with van der Waals surface area (Å²) in [5.41, 5.74) is 1.42. The van der Waals surface area contributed by atoms with Crippen molar-refractivity contribution in [2.24, 2.45) is 0 Å². The SMILES string of the molecule is CCNC(=O)NC(=O)CSc1nc2ccccc2o1. The summed E-state index contributed by atoms with van der Waals surface area (Å²) in [6.45, 7) is 2.24. The van der Waals surface area contributed by atoms with E-state index in [9.17, 15) is 9.59 Å². The predicted octanol–water partition coefficient (Wildman–Crippen LogP) is 1.77. The number of hydrogen-bond donors (Lipinski definition) is 2. The molecule has 0 radical (unpaired) electrons. The molecule has 0 aliphatic heterocycles. The van der Waals surface area contributed by atoms with Crippen molar-refractivity contribution in [1.29, 1.82) is 0 Å². The molecule has 0 unspecified atom stereocenters. The number of thioether (sulfide) groups is 1. The van der Waals surface area contributed by atoms with Gasteiger partial charge in [-0.05, 0) is 19.1 Å². The summed E-state index contributed by atoms with van der Waals surface area (Å²) in [5.74, 6) is -0.317. The van der Waals surface area contributed by atoms with E-state index >= 15 is 0 Å². The molecule has 2 aromatic rings. The average Bonchev–Trinajstić information content (AvgIpc) is 2.79. The number of para-hydroxylation sites is 2. The van der Waals surface area contributed by atoms with Crippen molar-refractivity contribution in [3.05, 3.63) is 24.3 Å². The molecule has 19 heavy (non-hydrogen) atoms. The van der Waals surface area contributed by atoms with Gasteiger partial charge >= 0.3 is 6.03 Å². The zero-order chi connectivity index (χ0) is 13.7. The van der Waals surface area contributed by atoms with Crippen molar-refractivity contribution >= 4 is 34.8 Å². The molecule has 0 saturated heterocycles. The molecule has 0 spiro atoms. The number of carbonyl (C=O) groups is 2. The zero-order valence-electron chi connectivity index (χ0n) is 10.3. The molecule has 3 amide bonds. The Kier molecular flexibility index (Phi) is 4.40. The normalized spacial score (nSPS) is 10.4. The van der Waals surface area contributed by atoms with Gasteiger partial charge in [0.15, 0.2) is 5.58 Å². The largest absolute Gasteiger partial charge is 0.431 e. The van der Waals surface area contributed by atoms with Crippen molar-refractivity contribution in [3.63, 3.8) is 0 Å². The van der Waals surface area contributed by atoms with E-state index in [-0.39, 0.29) is 5.75 Å². The smallest absolute Gasteiger partial charge is 0.321 e. The van der Waals surface area contributed by atoms with Crippen LogP contribution in [-0.4, -0.2) is 29.2 Å². The molecule has 0 saturated carbocycles. The van der Waals surface area contributed by atoms with Crippen LogP contribution >= 0.6 is 11.8 Å². The van der Waals surface area contributed by atoms with E-state index in [2.05, 4.69) is 15.6 Å². The number of benzene rings is 1. The maximum Gasteiger partial charge on any atom is 0.321 e. The minimum absolute atomic E-state index is 0.0734. The Morgan fingerprint density at radius 3 is 2.89 bits per heavy atom. The highest BCUT2D eigenvalue weighted by atomic mass is 32.2. The highest BCUT2D eigenvalue weighted by Crippen LogP contribution is 2.22. The summed E-state index contributed by atoms with van der Waals surface area (Å²) in [6.07, 6.45) is 0. The summed E-state index contributed by atoms with van der Waals surface area (Å²) in [7, 11) is 0. The molecule has 0 aliphatic carbocycles. The van der Waals surface area contributed by atoms with Gasteiger partial charge in [0.05, 0.1) is 5.75 Å². The van der Waals surface area contributed by atoms with Crippen molar-refractivity contribution in [1.82, 2.24) is 15.6 Å². The highest BCUT2D eigenvalue weighted by molar-refractivity contribution is 7.99. The lowest BCUT2D eigenvalue weighted by molar-refractivity contribution is -0.117. The first-order chi connectivity index (χ1) is 9.19. The second kappa shape index (κ2) is 6.24. The van der Waals surface area contributed by atoms with Crippen LogP contribution < -0.4 is 10.6 Å². The Hall–Kier alpha value is -2.02. The molecule has 0 fully saturated rings. The Balaban J connectivity index is 1.88. The molecule has 6 nitrogen and oxygen atoms in total. The van der Waals surface area contributed by atoms with Crippen LogP contribution in [0, 0.1) is 0 Å². The minimum Gasteiger partial charge on any atom is -0.431 e. The van der Waals surface area contributed by atoms with E-state index in [4.69, 9.17) is 4.42 Å². The van der Waals surface area contributed by atoms with Gasteiger partial charge < -0.3 is 9.73 Å². The van der Waals surface area contributed by atoms with Gasteiger partial charge in [-0.15, -0.1) is 0 Å². The van der Waals surface area contributed by atoms with E-state index in [1.807, 2.05) is 18.2 Å². The number of rotatable bonds is 4. The summed E-state index contributed by atoms with van der Waals surface area (Å²) in [6, 6.07) is 6.86. The molecule has 1 aromatic heterocycles. The van der Waals surface area contributed by atoms with Crippen LogP contribution in [0.15, 0.2) is 33.9 Å². The lowest BCUT2D eigenvalue weighted by Gasteiger charge is -2.02. The van der Waals surface area contributed by atoms with Crippen LogP contribution in [0.4, 0.5) is 4.79 Å². The third kappa shape index (κ3) is 3.72. The second-order valence-electron chi connectivity index (χ2n) is 3.64. The van der Waals surface area contributed by atoms with Gasteiger partial charge in [-0.25, -0.2) is 9.78 Å².